The van der Waals surface area contributed by atoms with Crippen LogP contribution in [0.15, 0.2) is 48.5 Å². The van der Waals surface area contributed by atoms with Crippen molar-refractivity contribution >= 4 is 29.7 Å². The number of nitrogens with one attached hydrogen (secondary N) is 1. The molecule has 0 radical (unpaired) electrons. The number of carbonyl (C=O) groups is 3. The van der Waals surface area contributed by atoms with Gasteiger partial charge in [-0.05, 0) is 41.5 Å². The predicted molar refractivity (Wildman–Crippen MR) is 125 cm³/mol. The second-order valence-corrected chi connectivity index (χ2v) is 9.98. The second kappa shape index (κ2) is 8.74. The van der Waals surface area contributed by atoms with Gasteiger partial charge >= 0.3 is 12.1 Å². The maximum atomic E-state index is 12.8. The average Bonchev–Trinajstić information content (AvgIpc) is 3.40. The summed E-state index contributed by atoms with van der Waals surface area (Å²) in [4.78, 5) is 38.4. The van der Waals surface area contributed by atoms with E-state index in [1.165, 1.54) is 27.8 Å². The Morgan fingerprint density at radius 3 is 2.27 bits per heavy atom. The lowest BCUT2D eigenvalue weighted by Gasteiger charge is -2.42. The van der Waals surface area contributed by atoms with Crippen LogP contribution in [0.5, 0.6) is 0 Å². The zero-order chi connectivity index (χ0) is 23.0. The van der Waals surface area contributed by atoms with E-state index < -0.39 is 23.6 Å². The molecule has 33 heavy (non-hydrogen) atoms. The van der Waals surface area contributed by atoms with Crippen molar-refractivity contribution in [1.29, 1.82) is 0 Å². The highest BCUT2D eigenvalue weighted by atomic mass is 32.2. The van der Waals surface area contributed by atoms with E-state index in [0.29, 0.717) is 24.5 Å². The van der Waals surface area contributed by atoms with Gasteiger partial charge < -0.3 is 20.1 Å². The number of carboxylic acid groups (broad SMARTS) is 1. The summed E-state index contributed by atoms with van der Waals surface area (Å²) in [5.41, 5.74) is 3.97. The first-order valence-electron chi connectivity index (χ1n) is 11.2. The molecule has 0 bridgehead atoms. The highest BCUT2D eigenvalue weighted by Crippen LogP contribution is 2.44. The molecule has 2 aliphatic carbocycles. The molecule has 2 amide bonds. The molecule has 2 fully saturated rings. The third-order valence-corrected chi connectivity index (χ3v) is 8.01. The van der Waals surface area contributed by atoms with E-state index in [1.54, 1.807) is 0 Å². The molecule has 1 atom stereocenters. The van der Waals surface area contributed by atoms with Crippen LogP contribution in [0.1, 0.15) is 42.7 Å². The zero-order valence-electron chi connectivity index (χ0n) is 18.2. The van der Waals surface area contributed by atoms with Crippen LogP contribution in [0, 0.1) is 0 Å². The Balaban J connectivity index is 1.23. The molecule has 2 aromatic rings. The molecule has 0 spiro atoms. The fraction of sp³-hybridized carbons (Fsp3) is 0.400. The number of alkyl carbamates (subject to hydrolysis) is 1. The molecule has 5 rings (SSSR count). The summed E-state index contributed by atoms with van der Waals surface area (Å²) in [5, 5.41) is 12.3. The minimum atomic E-state index is -0.986. The molecule has 1 saturated heterocycles. The van der Waals surface area contributed by atoms with Gasteiger partial charge in [-0.15, -0.1) is 11.8 Å². The summed E-state index contributed by atoms with van der Waals surface area (Å²) in [7, 11) is 0. The molecule has 2 aromatic carbocycles. The van der Waals surface area contributed by atoms with E-state index in [2.05, 4.69) is 29.6 Å². The van der Waals surface area contributed by atoms with Crippen molar-refractivity contribution in [2.24, 2.45) is 0 Å². The van der Waals surface area contributed by atoms with Gasteiger partial charge in [0, 0.05) is 11.7 Å². The van der Waals surface area contributed by atoms with Gasteiger partial charge in [0.2, 0.25) is 5.91 Å². The quantitative estimate of drug-likeness (QED) is 0.672. The molecular weight excluding hydrogens is 440 g/mol. The Morgan fingerprint density at radius 2 is 1.70 bits per heavy atom. The minimum Gasteiger partial charge on any atom is -0.480 e. The first-order valence-corrected chi connectivity index (χ1v) is 12.4. The van der Waals surface area contributed by atoms with Gasteiger partial charge in [0.1, 0.15) is 12.6 Å². The Labute approximate surface area is 196 Å². The van der Waals surface area contributed by atoms with Crippen molar-refractivity contribution in [3.8, 4) is 11.1 Å². The summed E-state index contributed by atoms with van der Waals surface area (Å²) in [6.45, 7) is 0.216. The Morgan fingerprint density at radius 1 is 1.06 bits per heavy atom. The molecule has 7 nitrogen and oxygen atoms in total. The Bertz CT molecular complexity index is 1050. The van der Waals surface area contributed by atoms with Gasteiger partial charge in [0.25, 0.3) is 0 Å². The normalized spacial score (nSPS) is 20.5. The lowest BCUT2D eigenvalue weighted by molar-refractivity contribution is -0.148. The zero-order valence-corrected chi connectivity index (χ0v) is 19.0. The van der Waals surface area contributed by atoms with Crippen LogP contribution in [0.25, 0.3) is 11.1 Å². The van der Waals surface area contributed by atoms with Crippen LogP contribution in [0.2, 0.25) is 0 Å². The number of carbonyl (C=O) groups excluding carboxylic acids is 2. The van der Waals surface area contributed by atoms with Gasteiger partial charge in [-0.25, -0.2) is 9.59 Å². The number of amides is 2. The molecule has 3 aliphatic rings. The van der Waals surface area contributed by atoms with Crippen molar-refractivity contribution in [1.82, 2.24) is 10.2 Å². The summed E-state index contributed by atoms with van der Waals surface area (Å²) < 4.78 is 5.66. The molecule has 0 aromatic heterocycles. The van der Waals surface area contributed by atoms with E-state index in [1.807, 2.05) is 24.3 Å². The van der Waals surface area contributed by atoms with E-state index in [-0.39, 0.29) is 24.9 Å². The van der Waals surface area contributed by atoms with Crippen LogP contribution in [0.3, 0.4) is 0 Å². The van der Waals surface area contributed by atoms with E-state index in [9.17, 15) is 19.5 Å². The number of benzene rings is 2. The van der Waals surface area contributed by atoms with Gasteiger partial charge in [0.05, 0.1) is 17.8 Å². The molecule has 172 valence electrons. The van der Waals surface area contributed by atoms with Crippen LogP contribution >= 0.6 is 11.8 Å². The number of hydrogen-bond acceptors (Lipinski definition) is 5. The van der Waals surface area contributed by atoms with Crippen molar-refractivity contribution in [2.75, 3.05) is 18.2 Å². The molecule has 2 N–H and O–H groups in total. The Hall–Kier alpha value is -3.00. The van der Waals surface area contributed by atoms with Crippen LogP contribution in [0.4, 0.5) is 4.79 Å². The monoisotopic (exact) mass is 466 g/mol. The van der Waals surface area contributed by atoms with Crippen molar-refractivity contribution in [3.05, 3.63) is 59.7 Å². The average molecular weight is 467 g/mol. The number of rotatable bonds is 6. The SMILES string of the molecule is O=C(NC1(CC(=O)N2CSC[C@H]2C(=O)O)CCC1)OCC1c2ccccc2-c2ccccc21. The topological polar surface area (TPSA) is 95.9 Å². The van der Waals surface area contributed by atoms with Gasteiger partial charge in [-0.1, -0.05) is 48.5 Å². The first kappa shape index (κ1) is 21.8. The maximum absolute atomic E-state index is 12.8. The van der Waals surface area contributed by atoms with Crippen LogP contribution in [-0.4, -0.2) is 57.8 Å². The number of aliphatic carboxylic acids is 1. The predicted octanol–water partition coefficient (Wildman–Crippen LogP) is 3.82. The number of thioether (sulfide) groups is 1. The highest BCUT2D eigenvalue weighted by Gasteiger charge is 2.44. The standard InChI is InChI=1S/C25H26N2O5S/c28-22(27-15-33-14-21(27)23(29)30)12-25(10-5-11-25)26-24(31)32-13-20-18-8-3-1-6-16(18)17-7-2-4-9-19(17)20/h1-4,6-9,20-21H,5,10-15H2,(H,26,31)(H,29,30)/t21-/m0/s1. The van der Waals surface area contributed by atoms with Gasteiger partial charge in [0.15, 0.2) is 0 Å². The maximum Gasteiger partial charge on any atom is 0.407 e. The van der Waals surface area contributed by atoms with E-state index in [4.69, 9.17) is 4.74 Å². The molecule has 1 saturated carbocycles. The Kier molecular flexibility index (Phi) is 5.78. The molecule has 1 aliphatic heterocycles. The number of hydrogen-bond donors (Lipinski definition) is 2. The molecule has 0 unspecified atom stereocenters. The van der Waals surface area contributed by atoms with Crippen LogP contribution < -0.4 is 5.32 Å². The summed E-state index contributed by atoms with van der Waals surface area (Å²) in [6, 6.07) is 15.5. The van der Waals surface area contributed by atoms with Gasteiger partial charge in [-0.3, -0.25) is 4.79 Å². The second-order valence-electron chi connectivity index (χ2n) is 8.98. The third kappa shape index (κ3) is 4.08. The fourth-order valence-corrected chi connectivity index (χ4v) is 6.26. The third-order valence-electron chi connectivity index (χ3n) is 7.00. The number of nitrogens with zero attached hydrogens (tertiary/aromatic N) is 1. The largest absolute Gasteiger partial charge is 0.480 e. The number of ether oxygens (including phenoxy) is 1. The molecular formula is C25H26N2O5S. The number of fused-ring (bicyclic) bond motifs is 3. The smallest absolute Gasteiger partial charge is 0.407 e. The summed E-state index contributed by atoms with van der Waals surface area (Å²) >= 11 is 1.44. The minimum absolute atomic E-state index is 0.0277. The van der Waals surface area contributed by atoms with E-state index in [0.717, 1.165) is 17.5 Å². The highest BCUT2D eigenvalue weighted by molar-refractivity contribution is 7.99. The van der Waals surface area contributed by atoms with Crippen molar-refractivity contribution in [3.63, 3.8) is 0 Å². The lowest BCUT2D eigenvalue weighted by Crippen LogP contribution is -2.57. The van der Waals surface area contributed by atoms with Crippen molar-refractivity contribution < 1.29 is 24.2 Å². The molecule has 8 heteroatoms. The molecule has 1 heterocycles. The summed E-state index contributed by atoms with van der Waals surface area (Å²) in [6.07, 6.45) is 1.84. The van der Waals surface area contributed by atoms with Gasteiger partial charge in [-0.2, -0.15) is 0 Å². The first-order chi connectivity index (χ1) is 16.0. The van der Waals surface area contributed by atoms with Crippen molar-refractivity contribution in [2.45, 2.75) is 43.2 Å². The fourth-order valence-electron chi connectivity index (χ4n) is 5.08. The van der Waals surface area contributed by atoms with Crippen LogP contribution in [-0.2, 0) is 14.3 Å². The number of carboxylic acids is 1. The summed E-state index contributed by atoms with van der Waals surface area (Å²) in [5.74, 6) is -0.475. The van der Waals surface area contributed by atoms with E-state index >= 15 is 0 Å². The lowest BCUT2D eigenvalue weighted by atomic mass is 9.74.